The first kappa shape index (κ1) is 16.1. The topological polar surface area (TPSA) is 46.5 Å². The molecule has 0 bridgehead atoms. The second-order valence-corrected chi connectivity index (χ2v) is 6.00. The first-order valence-electron chi connectivity index (χ1n) is 7.48. The van der Waals surface area contributed by atoms with E-state index in [4.69, 9.17) is 4.74 Å². The standard InChI is InChI=1S/C16H22F2O3/c17-16(18)8-6-15(7-9-16,14(19)20)10-11-21-12-13-4-2-1-3-5-13/h2,4-5H,1,3,6-12H2,(H,19,20). The molecule has 21 heavy (non-hydrogen) atoms. The van der Waals surface area contributed by atoms with Gasteiger partial charge >= 0.3 is 5.97 Å². The lowest BCUT2D eigenvalue weighted by molar-refractivity contribution is -0.158. The molecule has 0 radical (unpaired) electrons. The van der Waals surface area contributed by atoms with Gasteiger partial charge in [-0.15, -0.1) is 0 Å². The second-order valence-electron chi connectivity index (χ2n) is 6.00. The molecule has 0 atom stereocenters. The summed E-state index contributed by atoms with van der Waals surface area (Å²) in [5.41, 5.74) is 0.0548. The number of alkyl halides is 2. The molecule has 0 aromatic rings. The average molecular weight is 300 g/mol. The molecule has 0 aromatic heterocycles. The number of carbonyl (C=O) groups is 1. The largest absolute Gasteiger partial charge is 0.481 e. The number of rotatable bonds is 6. The quantitative estimate of drug-likeness (QED) is 0.755. The van der Waals surface area contributed by atoms with Crippen molar-refractivity contribution in [2.75, 3.05) is 13.2 Å². The van der Waals surface area contributed by atoms with Crippen LogP contribution in [0.15, 0.2) is 23.8 Å². The average Bonchev–Trinajstić information content (AvgIpc) is 2.46. The van der Waals surface area contributed by atoms with E-state index in [9.17, 15) is 18.7 Å². The molecule has 0 spiro atoms. The fourth-order valence-corrected chi connectivity index (χ4v) is 2.90. The molecular weight excluding hydrogens is 278 g/mol. The smallest absolute Gasteiger partial charge is 0.309 e. The Bertz CT molecular complexity index is 431. The number of halogens is 2. The molecule has 5 heteroatoms. The summed E-state index contributed by atoms with van der Waals surface area (Å²) in [4.78, 5) is 11.5. The summed E-state index contributed by atoms with van der Waals surface area (Å²) in [6.45, 7) is 0.755. The van der Waals surface area contributed by atoms with E-state index in [-0.39, 0.29) is 25.7 Å². The number of hydrogen-bond donors (Lipinski definition) is 1. The van der Waals surface area contributed by atoms with E-state index in [1.807, 2.05) is 6.08 Å². The summed E-state index contributed by atoms with van der Waals surface area (Å²) in [6.07, 6.45) is 7.92. The molecular formula is C16H22F2O3. The Hall–Kier alpha value is -1.23. The zero-order valence-corrected chi connectivity index (χ0v) is 12.1. The number of ether oxygens (including phenoxy) is 1. The Morgan fingerprint density at radius 3 is 2.52 bits per heavy atom. The molecule has 3 nitrogen and oxygen atoms in total. The van der Waals surface area contributed by atoms with Crippen LogP contribution in [0.1, 0.15) is 44.9 Å². The number of allylic oxidation sites excluding steroid dienone is 2. The van der Waals surface area contributed by atoms with E-state index < -0.39 is 17.3 Å². The lowest BCUT2D eigenvalue weighted by atomic mass is 9.71. The third kappa shape index (κ3) is 4.37. The molecule has 0 amide bonds. The molecule has 2 rings (SSSR count). The highest BCUT2D eigenvalue weighted by Crippen LogP contribution is 2.45. The van der Waals surface area contributed by atoms with Crippen molar-refractivity contribution >= 4 is 5.97 Å². The lowest BCUT2D eigenvalue weighted by Crippen LogP contribution is -2.40. The van der Waals surface area contributed by atoms with Crippen molar-refractivity contribution < 1.29 is 23.4 Å². The second kappa shape index (κ2) is 6.69. The molecule has 2 aliphatic rings. The maximum atomic E-state index is 13.2. The van der Waals surface area contributed by atoms with Crippen LogP contribution < -0.4 is 0 Å². The van der Waals surface area contributed by atoms with E-state index in [2.05, 4.69) is 12.2 Å². The molecule has 0 unspecified atom stereocenters. The van der Waals surface area contributed by atoms with E-state index >= 15 is 0 Å². The third-order valence-corrected chi connectivity index (χ3v) is 4.46. The highest BCUT2D eigenvalue weighted by Gasteiger charge is 2.47. The van der Waals surface area contributed by atoms with Crippen LogP contribution in [0, 0.1) is 5.41 Å². The van der Waals surface area contributed by atoms with E-state index in [1.165, 1.54) is 0 Å². The minimum atomic E-state index is -2.71. The number of carboxylic acids is 1. The zero-order chi connectivity index (χ0) is 15.3. The summed E-state index contributed by atoms with van der Waals surface area (Å²) in [7, 11) is 0. The Morgan fingerprint density at radius 1 is 1.24 bits per heavy atom. The van der Waals surface area contributed by atoms with E-state index in [1.54, 1.807) is 0 Å². The van der Waals surface area contributed by atoms with Crippen molar-refractivity contribution in [2.45, 2.75) is 50.9 Å². The van der Waals surface area contributed by atoms with Crippen LogP contribution in [0.3, 0.4) is 0 Å². The molecule has 2 aliphatic carbocycles. The predicted octanol–water partition coefficient (Wildman–Crippen LogP) is 3.95. The molecule has 0 saturated heterocycles. The van der Waals surface area contributed by atoms with Gasteiger partial charge in [-0.05, 0) is 37.7 Å². The van der Waals surface area contributed by atoms with Crippen LogP contribution in [0.2, 0.25) is 0 Å². The van der Waals surface area contributed by atoms with Gasteiger partial charge in [-0.2, -0.15) is 0 Å². The van der Waals surface area contributed by atoms with Crippen LogP contribution in [0.5, 0.6) is 0 Å². The Kier molecular flexibility index (Phi) is 5.14. The van der Waals surface area contributed by atoms with Crippen LogP contribution in [-0.2, 0) is 9.53 Å². The van der Waals surface area contributed by atoms with Gasteiger partial charge in [-0.3, -0.25) is 4.79 Å². The molecule has 1 saturated carbocycles. The van der Waals surface area contributed by atoms with Crippen LogP contribution in [0.4, 0.5) is 8.78 Å². The van der Waals surface area contributed by atoms with Crippen molar-refractivity contribution in [2.24, 2.45) is 5.41 Å². The van der Waals surface area contributed by atoms with Gasteiger partial charge in [-0.25, -0.2) is 8.78 Å². The van der Waals surface area contributed by atoms with Crippen molar-refractivity contribution in [3.63, 3.8) is 0 Å². The minimum Gasteiger partial charge on any atom is -0.481 e. The summed E-state index contributed by atoms with van der Waals surface area (Å²) in [6, 6.07) is 0. The fraction of sp³-hybridized carbons (Fsp3) is 0.688. The van der Waals surface area contributed by atoms with Gasteiger partial charge in [0, 0.05) is 19.4 Å². The summed E-state index contributed by atoms with van der Waals surface area (Å²) >= 11 is 0. The molecule has 118 valence electrons. The van der Waals surface area contributed by atoms with Crippen molar-refractivity contribution in [3.05, 3.63) is 23.8 Å². The molecule has 1 fully saturated rings. The number of hydrogen-bond acceptors (Lipinski definition) is 2. The van der Waals surface area contributed by atoms with E-state index in [0.29, 0.717) is 19.6 Å². The van der Waals surface area contributed by atoms with Crippen molar-refractivity contribution in [3.8, 4) is 0 Å². The monoisotopic (exact) mass is 300 g/mol. The summed E-state index contributed by atoms with van der Waals surface area (Å²) in [5.74, 6) is -3.68. The highest BCUT2D eigenvalue weighted by molar-refractivity contribution is 5.74. The number of aliphatic carboxylic acids is 1. The SMILES string of the molecule is O=C(O)C1(CCOCC2=CCCC=C2)CCC(F)(F)CC1. The molecule has 0 heterocycles. The van der Waals surface area contributed by atoms with Crippen LogP contribution >= 0.6 is 0 Å². The molecule has 0 aromatic carbocycles. The van der Waals surface area contributed by atoms with E-state index in [0.717, 1.165) is 18.4 Å². The zero-order valence-electron chi connectivity index (χ0n) is 12.1. The highest BCUT2D eigenvalue weighted by atomic mass is 19.3. The van der Waals surface area contributed by atoms with Crippen molar-refractivity contribution in [1.29, 1.82) is 0 Å². The first-order chi connectivity index (χ1) is 9.94. The first-order valence-corrected chi connectivity index (χ1v) is 7.48. The number of carboxylic acid groups (broad SMARTS) is 1. The van der Waals surface area contributed by atoms with Gasteiger partial charge in [0.1, 0.15) is 0 Å². The third-order valence-electron chi connectivity index (χ3n) is 4.46. The maximum Gasteiger partial charge on any atom is 0.309 e. The maximum absolute atomic E-state index is 13.2. The van der Waals surface area contributed by atoms with Gasteiger partial charge in [0.25, 0.3) is 0 Å². The minimum absolute atomic E-state index is 0.0291. The summed E-state index contributed by atoms with van der Waals surface area (Å²) in [5, 5.41) is 9.38. The fourth-order valence-electron chi connectivity index (χ4n) is 2.90. The Morgan fingerprint density at radius 2 is 1.95 bits per heavy atom. The Labute approximate surface area is 123 Å². The normalized spacial score (nSPS) is 23.6. The van der Waals surface area contributed by atoms with Gasteiger partial charge in [0.15, 0.2) is 0 Å². The van der Waals surface area contributed by atoms with Gasteiger partial charge in [-0.1, -0.05) is 18.2 Å². The Balaban J connectivity index is 1.80. The van der Waals surface area contributed by atoms with Crippen LogP contribution in [0.25, 0.3) is 0 Å². The van der Waals surface area contributed by atoms with Crippen LogP contribution in [-0.4, -0.2) is 30.2 Å². The summed E-state index contributed by atoms with van der Waals surface area (Å²) < 4.78 is 31.9. The predicted molar refractivity (Wildman–Crippen MR) is 75.4 cm³/mol. The molecule has 0 aliphatic heterocycles. The van der Waals surface area contributed by atoms with Gasteiger partial charge < -0.3 is 9.84 Å². The van der Waals surface area contributed by atoms with Crippen molar-refractivity contribution in [1.82, 2.24) is 0 Å². The van der Waals surface area contributed by atoms with Gasteiger partial charge in [0.2, 0.25) is 5.92 Å². The lowest BCUT2D eigenvalue weighted by Gasteiger charge is -2.36. The molecule has 1 N–H and O–H groups in total. The van der Waals surface area contributed by atoms with Gasteiger partial charge in [0.05, 0.1) is 12.0 Å².